The average Bonchev–Trinajstić information content (AvgIpc) is 3.15. The molecule has 0 saturated heterocycles. The lowest BCUT2D eigenvalue weighted by molar-refractivity contribution is -0.121. The molecule has 8 heteroatoms. The third kappa shape index (κ3) is 3.60. The summed E-state index contributed by atoms with van der Waals surface area (Å²) in [5, 5.41) is 9.27. The Morgan fingerprint density at radius 3 is 2.91 bits per heavy atom. The van der Waals surface area contributed by atoms with Crippen LogP contribution >= 0.6 is 0 Å². The number of ether oxygens (including phenoxy) is 2. The van der Waals surface area contributed by atoms with Crippen molar-refractivity contribution in [2.75, 3.05) is 19.2 Å². The van der Waals surface area contributed by atoms with Gasteiger partial charge in [0.15, 0.2) is 11.5 Å². The number of amides is 2. The van der Waals surface area contributed by atoms with E-state index in [1.807, 2.05) is 6.07 Å². The van der Waals surface area contributed by atoms with Crippen molar-refractivity contribution in [3.05, 3.63) is 36.2 Å². The lowest BCUT2D eigenvalue weighted by atomic mass is 10.1. The van der Waals surface area contributed by atoms with E-state index in [1.54, 1.807) is 25.4 Å². The summed E-state index contributed by atoms with van der Waals surface area (Å²) in [5.74, 6) is 0.994. The van der Waals surface area contributed by atoms with Gasteiger partial charge in [-0.3, -0.25) is 14.3 Å². The van der Waals surface area contributed by atoms with Crippen LogP contribution in [0.25, 0.3) is 0 Å². The fraction of sp³-hybridized carbons (Fsp3) is 0.267. The van der Waals surface area contributed by atoms with Gasteiger partial charge >= 0.3 is 0 Å². The van der Waals surface area contributed by atoms with E-state index in [4.69, 9.17) is 9.47 Å². The van der Waals surface area contributed by atoms with E-state index >= 15 is 0 Å². The average molecular weight is 316 g/mol. The molecule has 2 N–H and O–H groups in total. The summed E-state index contributed by atoms with van der Waals surface area (Å²) in [6, 6.07) is 5.39. The summed E-state index contributed by atoms with van der Waals surface area (Å²) >= 11 is 0. The molecule has 120 valence electrons. The first-order valence-corrected chi connectivity index (χ1v) is 7.05. The Kier molecular flexibility index (Phi) is 4.13. The molecule has 0 atom stereocenters. The van der Waals surface area contributed by atoms with Crippen LogP contribution in [0.4, 0.5) is 5.69 Å². The van der Waals surface area contributed by atoms with Gasteiger partial charge in [0.2, 0.25) is 18.6 Å². The van der Waals surface area contributed by atoms with Crippen LogP contribution < -0.4 is 20.1 Å². The van der Waals surface area contributed by atoms with E-state index in [0.717, 1.165) is 5.56 Å². The molecule has 0 saturated carbocycles. The third-order valence-electron chi connectivity index (χ3n) is 3.30. The van der Waals surface area contributed by atoms with Gasteiger partial charge in [0.05, 0.1) is 18.3 Å². The second-order valence-electron chi connectivity index (χ2n) is 5.01. The van der Waals surface area contributed by atoms with E-state index in [2.05, 4.69) is 15.7 Å². The SMILES string of the molecule is CNC(=O)Cn1cc(NC(=O)Cc2ccc3c(c2)OCO3)cn1. The summed E-state index contributed by atoms with van der Waals surface area (Å²) in [6.07, 6.45) is 3.31. The number of hydrogen-bond acceptors (Lipinski definition) is 5. The molecule has 0 aliphatic carbocycles. The van der Waals surface area contributed by atoms with Crippen molar-refractivity contribution in [2.24, 2.45) is 0 Å². The molecule has 0 unspecified atom stereocenters. The first-order chi connectivity index (χ1) is 11.1. The lowest BCUT2D eigenvalue weighted by Gasteiger charge is -2.04. The Balaban J connectivity index is 1.58. The van der Waals surface area contributed by atoms with Crippen LogP contribution in [0, 0.1) is 0 Å². The summed E-state index contributed by atoms with van der Waals surface area (Å²) in [6.45, 7) is 0.310. The monoisotopic (exact) mass is 316 g/mol. The zero-order valence-electron chi connectivity index (χ0n) is 12.5. The zero-order valence-corrected chi connectivity index (χ0v) is 12.5. The lowest BCUT2D eigenvalue weighted by Crippen LogP contribution is -2.23. The highest BCUT2D eigenvalue weighted by molar-refractivity contribution is 5.92. The van der Waals surface area contributed by atoms with Crippen LogP contribution in [0.2, 0.25) is 0 Å². The molecule has 1 aromatic heterocycles. The number of anilines is 1. The summed E-state index contributed by atoms with van der Waals surface area (Å²) in [5.41, 5.74) is 1.36. The predicted molar refractivity (Wildman–Crippen MR) is 81.2 cm³/mol. The number of hydrogen-bond donors (Lipinski definition) is 2. The van der Waals surface area contributed by atoms with Gasteiger partial charge < -0.3 is 20.1 Å². The molecule has 0 spiro atoms. The molecule has 1 aliphatic rings. The summed E-state index contributed by atoms with van der Waals surface area (Å²) in [7, 11) is 1.56. The molecule has 2 amide bonds. The molecule has 1 aromatic carbocycles. The number of nitrogens with zero attached hydrogens (tertiary/aromatic N) is 2. The van der Waals surface area contributed by atoms with Gasteiger partial charge in [0.1, 0.15) is 6.54 Å². The predicted octanol–water partition coefficient (Wildman–Crippen LogP) is 0.539. The fourth-order valence-corrected chi connectivity index (χ4v) is 2.18. The topological polar surface area (TPSA) is 94.5 Å². The molecule has 1 aliphatic heterocycles. The number of carbonyl (C=O) groups is 2. The molecule has 3 rings (SSSR count). The minimum absolute atomic E-state index is 0.106. The number of likely N-dealkylation sites (N-methyl/N-ethyl adjacent to an activating group) is 1. The van der Waals surface area contributed by atoms with Crippen LogP contribution in [0.15, 0.2) is 30.6 Å². The molecule has 0 fully saturated rings. The van der Waals surface area contributed by atoms with Crippen molar-refractivity contribution in [3.63, 3.8) is 0 Å². The summed E-state index contributed by atoms with van der Waals surface area (Å²) in [4.78, 5) is 23.3. The molecular weight excluding hydrogens is 300 g/mol. The summed E-state index contributed by atoms with van der Waals surface area (Å²) < 4.78 is 12.0. The number of aromatic nitrogens is 2. The minimum atomic E-state index is -0.177. The quantitative estimate of drug-likeness (QED) is 0.839. The third-order valence-corrected chi connectivity index (χ3v) is 3.30. The van der Waals surface area contributed by atoms with Crippen molar-refractivity contribution in [2.45, 2.75) is 13.0 Å². The highest BCUT2D eigenvalue weighted by Crippen LogP contribution is 2.32. The Labute approximate surface area is 132 Å². The van der Waals surface area contributed by atoms with Crippen molar-refractivity contribution in [1.82, 2.24) is 15.1 Å². The number of fused-ring (bicyclic) bond motifs is 1. The van der Waals surface area contributed by atoms with Crippen LogP contribution in [0.3, 0.4) is 0 Å². The molecule has 0 bridgehead atoms. The second-order valence-corrected chi connectivity index (χ2v) is 5.01. The maximum atomic E-state index is 12.1. The molecular formula is C15H16N4O4. The van der Waals surface area contributed by atoms with Crippen molar-refractivity contribution in [1.29, 1.82) is 0 Å². The van der Waals surface area contributed by atoms with Gasteiger partial charge in [0.25, 0.3) is 0 Å². The zero-order chi connectivity index (χ0) is 16.2. The van der Waals surface area contributed by atoms with Crippen LogP contribution in [-0.4, -0.2) is 35.4 Å². The normalized spacial score (nSPS) is 12.0. The Morgan fingerprint density at radius 2 is 2.09 bits per heavy atom. The first kappa shape index (κ1) is 14.9. The molecule has 0 radical (unpaired) electrons. The molecule has 23 heavy (non-hydrogen) atoms. The molecule has 8 nitrogen and oxygen atoms in total. The van der Waals surface area contributed by atoms with Gasteiger partial charge in [-0.2, -0.15) is 5.10 Å². The Hall–Kier alpha value is -3.03. The fourth-order valence-electron chi connectivity index (χ4n) is 2.18. The number of benzene rings is 1. The van der Waals surface area contributed by atoms with E-state index in [-0.39, 0.29) is 31.6 Å². The van der Waals surface area contributed by atoms with E-state index in [1.165, 1.54) is 10.9 Å². The van der Waals surface area contributed by atoms with Crippen molar-refractivity contribution >= 4 is 17.5 Å². The maximum Gasteiger partial charge on any atom is 0.241 e. The smallest absolute Gasteiger partial charge is 0.241 e. The maximum absolute atomic E-state index is 12.1. The number of rotatable bonds is 5. The van der Waals surface area contributed by atoms with Gasteiger partial charge in [-0.1, -0.05) is 6.07 Å². The van der Waals surface area contributed by atoms with Gasteiger partial charge in [0, 0.05) is 13.2 Å². The standard InChI is InChI=1S/C15H16N4O4/c1-16-15(21)8-19-7-11(6-17-19)18-14(20)5-10-2-3-12-13(4-10)23-9-22-12/h2-4,6-7H,5,8-9H2,1H3,(H,16,21)(H,18,20). The Bertz CT molecular complexity index is 741. The number of nitrogens with one attached hydrogen (secondary N) is 2. The minimum Gasteiger partial charge on any atom is -0.454 e. The first-order valence-electron chi connectivity index (χ1n) is 7.05. The highest BCUT2D eigenvalue weighted by Gasteiger charge is 2.14. The van der Waals surface area contributed by atoms with Gasteiger partial charge in [-0.05, 0) is 17.7 Å². The molecule has 2 aromatic rings. The Morgan fingerprint density at radius 1 is 1.26 bits per heavy atom. The largest absolute Gasteiger partial charge is 0.454 e. The number of carbonyl (C=O) groups excluding carboxylic acids is 2. The molecule has 2 heterocycles. The highest BCUT2D eigenvalue weighted by atomic mass is 16.7. The van der Waals surface area contributed by atoms with Crippen LogP contribution in [0.1, 0.15) is 5.56 Å². The second kappa shape index (κ2) is 6.39. The van der Waals surface area contributed by atoms with Crippen molar-refractivity contribution < 1.29 is 19.1 Å². The van der Waals surface area contributed by atoms with Crippen LogP contribution in [-0.2, 0) is 22.6 Å². The van der Waals surface area contributed by atoms with E-state index in [9.17, 15) is 9.59 Å². The van der Waals surface area contributed by atoms with Gasteiger partial charge in [-0.15, -0.1) is 0 Å². The van der Waals surface area contributed by atoms with E-state index in [0.29, 0.717) is 17.2 Å². The van der Waals surface area contributed by atoms with Gasteiger partial charge in [-0.25, -0.2) is 0 Å². The van der Waals surface area contributed by atoms with Crippen molar-refractivity contribution in [3.8, 4) is 11.5 Å². The van der Waals surface area contributed by atoms with E-state index < -0.39 is 0 Å². The van der Waals surface area contributed by atoms with Crippen LogP contribution in [0.5, 0.6) is 11.5 Å².